The largest absolute Gasteiger partial charge is 0.482 e. The molecule has 4 N–H and O–H groups in total. The number of hydrogen-bond acceptors (Lipinski definition) is 6. The zero-order valence-corrected chi connectivity index (χ0v) is 21.9. The molecule has 0 aromatic heterocycles. The van der Waals surface area contributed by atoms with E-state index in [1.807, 2.05) is 42.1 Å². The number of urea groups is 1. The third kappa shape index (κ3) is 7.74. The number of unbranched alkanes of at least 4 members (excludes halogenated alkanes) is 1. The molecule has 0 radical (unpaired) electrons. The first-order valence-corrected chi connectivity index (χ1v) is 14.0. The van der Waals surface area contributed by atoms with Gasteiger partial charge in [0.15, 0.2) is 12.4 Å². The number of rotatable bonds is 14. The molecule has 9 nitrogen and oxygen atoms in total. The maximum atomic E-state index is 12.7. The standard InChI is InChI=1S/C28H33N3O6S/c32-23(20-6-3-5-19(15-20)18-10-12-21(13-11-18)37-16-26(34)35)7-4-14-29-25(33)9-2-1-8-24-27-22(17-38-24)30-28(36)31-27/h3,5-6,10-13,15,22,24,27H,1-2,4,7-9,14,16-17H2,(H,29,33)(H,34,35)(H2,30,31,36)/t22-,24-,27-/m0/s1. The first kappa shape index (κ1) is 27.5. The topological polar surface area (TPSA) is 134 Å². The summed E-state index contributed by atoms with van der Waals surface area (Å²) in [6.07, 6.45) is 4.10. The highest BCUT2D eigenvalue weighted by Gasteiger charge is 2.42. The Labute approximate surface area is 226 Å². The molecule has 2 aliphatic rings. The Morgan fingerprint density at radius 3 is 2.61 bits per heavy atom. The van der Waals surface area contributed by atoms with Gasteiger partial charge in [-0.2, -0.15) is 11.8 Å². The lowest BCUT2D eigenvalue weighted by Crippen LogP contribution is -2.36. The molecule has 0 bridgehead atoms. The van der Waals surface area contributed by atoms with Gasteiger partial charge < -0.3 is 25.8 Å². The maximum absolute atomic E-state index is 12.7. The van der Waals surface area contributed by atoms with Crippen LogP contribution in [0.3, 0.4) is 0 Å². The zero-order chi connectivity index (χ0) is 26.9. The molecule has 2 saturated heterocycles. The van der Waals surface area contributed by atoms with Gasteiger partial charge in [-0.3, -0.25) is 9.59 Å². The lowest BCUT2D eigenvalue weighted by Gasteiger charge is -2.16. The molecule has 0 spiro atoms. The number of hydrogen-bond donors (Lipinski definition) is 4. The van der Waals surface area contributed by atoms with Gasteiger partial charge in [-0.1, -0.05) is 36.8 Å². The third-order valence-electron chi connectivity index (χ3n) is 6.72. The fourth-order valence-corrected chi connectivity index (χ4v) is 6.29. The Morgan fingerprint density at radius 1 is 1.00 bits per heavy atom. The molecular formula is C28H33N3O6S. The molecule has 10 heteroatoms. The Bertz CT molecular complexity index is 1160. The average molecular weight is 540 g/mol. The molecule has 0 aliphatic carbocycles. The second-order valence-corrected chi connectivity index (χ2v) is 10.8. The van der Waals surface area contributed by atoms with Gasteiger partial charge in [-0.25, -0.2) is 9.59 Å². The van der Waals surface area contributed by atoms with E-state index in [1.54, 1.807) is 18.2 Å². The fraction of sp³-hybridized carbons (Fsp3) is 0.429. The summed E-state index contributed by atoms with van der Waals surface area (Å²) in [6.45, 7) is 0.0618. The highest BCUT2D eigenvalue weighted by atomic mass is 32.2. The molecule has 0 saturated carbocycles. The van der Waals surface area contributed by atoms with Gasteiger partial charge in [0, 0.05) is 36.0 Å². The number of benzene rings is 2. The van der Waals surface area contributed by atoms with Crippen molar-refractivity contribution < 1.29 is 29.0 Å². The number of aliphatic carboxylic acids is 1. The quantitative estimate of drug-likeness (QED) is 0.164. The number of nitrogens with one attached hydrogen (secondary N) is 3. The first-order chi connectivity index (χ1) is 18.4. The number of amides is 3. The Morgan fingerprint density at radius 2 is 1.82 bits per heavy atom. The molecule has 2 fully saturated rings. The summed E-state index contributed by atoms with van der Waals surface area (Å²) >= 11 is 1.88. The van der Waals surface area contributed by atoms with Crippen LogP contribution in [-0.4, -0.2) is 65.0 Å². The summed E-state index contributed by atoms with van der Waals surface area (Å²) in [5, 5.41) is 18.0. The molecule has 0 unspecified atom stereocenters. The number of carbonyl (C=O) groups excluding carboxylic acids is 3. The number of carboxylic acids is 1. The predicted molar refractivity (Wildman–Crippen MR) is 146 cm³/mol. The number of fused-ring (bicyclic) bond motifs is 1. The monoisotopic (exact) mass is 539 g/mol. The van der Waals surface area contributed by atoms with Gasteiger partial charge in [-0.15, -0.1) is 0 Å². The molecule has 2 heterocycles. The normalized spacial score (nSPS) is 19.8. The van der Waals surface area contributed by atoms with Crippen molar-refractivity contribution in [2.45, 2.75) is 55.9 Å². The van der Waals surface area contributed by atoms with Crippen molar-refractivity contribution in [1.82, 2.24) is 16.0 Å². The molecule has 3 atom stereocenters. The van der Waals surface area contributed by atoms with E-state index in [-0.39, 0.29) is 29.8 Å². The van der Waals surface area contributed by atoms with E-state index in [9.17, 15) is 19.2 Å². The highest BCUT2D eigenvalue weighted by Crippen LogP contribution is 2.33. The summed E-state index contributed by atoms with van der Waals surface area (Å²) in [4.78, 5) is 47.0. The zero-order valence-electron chi connectivity index (χ0n) is 21.1. The molecule has 202 valence electrons. The molecule has 3 amide bonds. The molecular weight excluding hydrogens is 506 g/mol. The minimum atomic E-state index is -1.04. The van der Waals surface area contributed by atoms with Gasteiger partial charge in [0.05, 0.1) is 12.1 Å². The van der Waals surface area contributed by atoms with E-state index in [0.29, 0.717) is 42.4 Å². The van der Waals surface area contributed by atoms with Crippen LogP contribution in [0.2, 0.25) is 0 Å². The van der Waals surface area contributed by atoms with E-state index in [0.717, 1.165) is 36.1 Å². The second-order valence-electron chi connectivity index (χ2n) is 9.53. The van der Waals surface area contributed by atoms with Crippen LogP contribution >= 0.6 is 11.8 Å². The summed E-state index contributed by atoms with van der Waals surface area (Å²) in [7, 11) is 0. The summed E-state index contributed by atoms with van der Waals surface area (Å²) in [6, 6.07) is 14.8. The van der Waals surface area contributed by atoms with E-state index in [2.05, 4.69) is 16.0 Å². The lowest BCUT2D eigenvalue weighted by molar-refractivity contribution is -0.139. The van der Waals surface area contributed by atoms with Crippen LogP contribution in [0.25, 0.3) is 11.1 Å². The third-order valence-corrected chi connectivity index (χ3v) is 8.23. The fourth-order valence-electron chi connectivity index (χ4n) is 4.74. The lowest BCUT2D eigenvalue weighted by atomic mass is 9.99. The van der Waals surface area contributed by atoms with E-state index >= 15 is 0 Å². The summed E-state index contributed by atoms with van der Waals surface area (Å²) in [5.74, 6) is 0.391. The van der Waals surface area contributed by atoms with E-state index in [4.69, 9.17) is 9.84 Å². The van der Waals surface area contributed by atoms with Gasteiger partial charge in [0.25, 0.3) is 0 Å². The summed E-state index contributed by atoms with van der Waals surface area (Å²) in [5.41, 5.74) is 2.39. The van der Waals surface area contributed by atoms with Crippen molar-refractivity contribution >= 4 is 35.5 Å². The van der Waals surface area contributed by atoms with Crippen LogP contribution < -0.4 is 20.7 Å². The number of ketones is 1. The van der Waals surface area contributed by atoms with Crippen LogP contribution in [0.4, 0.5) is 4.79 Å². The minimum Gasteiger partial charge on any atom is -0.482 e. The van der Waals surface area contributed by atoms with Gasteiger partial charge in [0.1, 0.15) is 5.75 Å². The number of ether oxygens (including phenoxy) is 1. The van der Waals surface area contributed by atoms with Crippen molar-refractivity contribution in [2.75, 3.05) is 18.9 Å². The smallest absolute Gasteiger partial charge is 0.341 e. The van der Waals surface area contributed by atoms with E-state index < -0.39 is 12.6 Å². The van der Waals surface area contributed by atoms with Gasteiger partial charge >= 0.3 is 12.0 Å². The van der Waals surface area contributed by atoms with Crippen LogP contribution in [0, 0.1) is 0 Å². The Hall–Kier alpha value is -3.53. The molecule has 38 heavy (non-hydrogen) atoms. The SMILES string of the molecule is O=C(O)COc1ccc(-c2cccc(C(=O)CCCNC(=O)CCCC[C@@H]3SC[C@@H]4NC(=O)N[C@@H]43)c2)cc1. The second kappa shape index (κ2) is 13.3. The summed E-state index contributed by atoms with van der Waals surface area (Å²) < 4.78 is 5.16. The molecule has 2 aliphatic heterocycles. The van der Waals surface area contributed by atoms with Crippen molar-refractivity contribution in [3.63, 3.8) is 0 Å². The Balaban J connectivity index is 1.12. The average Bonchev–Trinajstić information content (AvgIpc) is 3.47. The number of carbonyl (C=O) groups is 4. The first-order valence-electron chi connectivity index (χ1n) is 12.9. The van der Waals surface area contributed by atoms with E-state index in [1.165, 1.54) is 0 Å². The van der Waals surface area contributed by atoms with Crippen molar-refractivity contribution in [2.24, 2.45) is 0 Å². The van der Waals surface area contributed by atoms with Gasteiger partial charge in [0.2, 0.25) is 5.91 Å². The van der Waals surface area contributed by atoms with Crippen molar-refractivity contribution in [1.29, 1.82) is 0 Å². The van der Waals surface area contributed by atoms with Crippen LogP contribution in [0.15, 0.2) is 48.5 Å². The number of thioether (sulfide) groups is 1. The van der Waals surface area contributed by atoms with Crippen LogP contribution in [0.5, 0.6) is 5.75 Å². The maximum Gasteiger partial charge on any atom is 0.341 e. The number of carboxylic acid groups (broad SMARTS) is 1. The molecule has 4 rings (SSSR count). The highest BCUT2D eigenvalue weighted by molar-refractivity contribution is 8.00. The van der Waals surface area contributed by atoms with Gasteiger partial charge in [-0.05, 0) is 48.6 Å². The Kier molecular flexibility index (Phi) is 9.64. The molecule has 2 aromatic rings. The van der Waals surface area contributed by atoms with Crippen LogP contribution in [0.1, 0.15) is 48.9 Å². The number of Topliss-reactive ketones (excluding diaryl/α,β-unsaturated/α-hetero) is 1. The van der Waals surface area contributed by atoms with Crippen molar-refractivity contribution in [3.05, 3.63) is 54.1 Å². The predicted octanol–water partition coefficient (Wildman–Crippen LogP) is 3.62. The molecule has 2 aromatic carbocycles. The minimum absolute atomic E-state index is 0.00279. The van der Waals surface area contributed by atoms with Crippen molar-refractivity contribution in [3.8, 4) is 16.9 Å². The van der Waals surface area contributed by atoms with Crippen LogP contribution in [-0.2, 0) is 9.59 Å².